The molecule has 0 spiro atoms. The summed E-state index contributed by atoms with van der Waals surface area (Å²) in [5, 5.41) is 23.6. The molecule has 0 fully saturated rings. The van der Waals surface area contributed by atoms with Crippen LogP contribution in [0.4, 0.5) is 0 Å². The van der Waals surface area contributed by atoms with E-state index in [1.54, 1.807) is 0 Å². The third-order valence-electron chi connectivity index (χ3n) is 1.05. The first kappa shape index (κ1) is 30.5. The quantitative estimate of drug-likeness (QED) is 0.180. The predicted molar refractivity (Wildman–Crippen MR) is 71.6 cm³/mol. The molecule has 0 saturated carbocycles. The average molecular weight is 402 g/mol. The van der Waals surface area contributed by atoms with Crippen LogP contribution >= 0.6 is 0 Å². The third kappa shape index (κ3) is 49.8. The Labute approximate surface area is 152 Å². The molecule has 16 heteroatoms. The third-order valence-corrected chi connectivity index (χ3v) is 3.14. The molecule has 0 aromatic rings. The number of rotatable bonds is 6. The summed E-state index contributed by atoms with van der Waals surface area (Å²) < 4.78 is 81.3. The minimum atomic E-state index is -3.92. The van der Waals surface area contributed by atoms with Crippen molar-refractivity contribution in [1.29, 1.82) is 0 Å². The molecular formula is C6H19NaO12S3. The monoisotopic (exact) mass is 402 g/mol. The second kappa shape index (κ2) is 15.2. The van der Waals surface area contributed by atoms with Gasteiger partial charge in [-0.3, -0.25) is 13.7 Å². The molecule has 134 valence electrons. The molecule has 0 rings (SSSR count). The second-order valence-electron chi connectivity index (χ2n) is 3.03. The Kier molecular flexibility index (Phi) is 21.0. The molecule has 0 bridgehead atoms. The summed E-state index contributed by atoms with van der Waals surface area (Å²) in [5.41, 5.74) is 0. The van der Waals surface area contributed by atoms with E-state index in [4.69, 9.17) is 29.0 Å². The van der Waals surface area contributed by atoms with Crippen molar-refractivity contribution in [3.05, 3.63) is 0 Å². The van der Waals surface area contributed by atoms with Crippen molar-refractivity contribution in [1.82, 2.24) is 0 Å². The Morgan fingerprint density at radius 2 is 0.682 bits per heavy atom. The number of hydrogen-bond donors (Lipinski definition) is 6. The van der Waals surface area contributed by atoms with Gasteiger partial charge in [-0.2, -0.15) is 25.3 Å². The van der Waals surface area contributed by atoms with Gasteiger partial charge in [0.1, 0.15) is 0 Å². The zero-order valence-electron chi connectivity index (χ0n) is 12.6. The zero-order chi connectivity index (χ0) is 17.7. The molecule has 22 heavy (non-hydrogen) atoms. The summed E-state index contributed by atoms with van der Waals surface area (Å²) in [4.78, 5) is 0. The first-order chi connectivity index (χ1) is 9.18. The molecule has 0 aromatic carbocycles. The summed E-state index contributed by atoms with van der Waals surface area (Å²) in [5.74, 6) is -1.73. The largest absolute Gasteiger partial charge is 1.00 e. The SMILES string of the molecule is O=S(=O)(O)CCO.O=S(=O)(O)CCO.O=S(=O)(O)CCO.[H-].[Na+]. The van der Waals surface area contributed by atoms with Crippen LogP contribution in [-0.4, -0.2) is 91.3 Å². The van der Waals surface area contributed by atoms with Crippen LogP contribution in [-0.2, 0) is 30.4 Å². The fraction of sp³-hybridized carbons (Fsp3) is 1.00. The maximum atomic E-state index is 9.63. The Bertz CT molecular complexity index is 461. The van der Waals surface area contributed by atoms with Gasteiger partial charge in [-0.1, -0.05) is 0 Å². The van der Waals surface area contributed by atoms with Crippen molar-refractivity contribution in [2.45, 2.75) is 0 Å². The topological polar surface area (TPSA) is 224 Å². The van der Waals surface area contributed by atoms with Gasteiger partial charge < -0.3 is 16.7 Å². The van der Waals surface area contributed by atoms with Gasteiger partial charge in [-0.25, -0.2) is 0 Å². The summed E-state index contributed by atoms with van der Waals surface area (Å²) in [7, 11) is -11.8. The summed E-state index contributed by atoms with van der Waals surface area (Å²) in [6.07, 6.45) is 0. The Balaban J connectivity index is -0.0000000675. The van der Waals surface area contributed by atoms with Crippen LogP contribution < -0.4 is 29.6 Å². The smallest absolute Gasteiger partial charge is 1.00 e. The van der Waals surface area contributed by atoms with Gasteiger partial charge in [0.05, 0.1) is 37.1 Å². The molecule has 0 amide bonds. The summed E-state index contributed by atoms with van der Waals surface area (Å²) in [6, 6.07) is 0. The zero-order valence-corrected chi connectivity index (χ0v) is 16.0. The van der Waals surface area contributed by atoms with Crippen LogP contribution in [0.3, 0.4) is 0 Å². The normalized spacial score (nSPS) is 11.2. The van der Waals surface area contributed by atoms with Gasteiger partial charge in [-0.05, 0) is 0 Å². The van der Waals surface area contributed by atoms with Crippen molar-refractivity contribution in [3.8, 4) is 0 Å². The molecule has 0 saturated heterocycles. The molecule has 0 heterocycles. The molecule has 0 aliphatic rings. The second-order valence-corrected chi connectivity index (χ2v) is 7.75. The number of aliphatic hydroxyl groups is 3. The molecule has 6 N–H and O–H groups in total. The number of hydrogen-bond acceptors (Lipinski definition) is 9. The van der Waals surface area contributed by atoms with Gasteiger partial charge >= 0.3 is 29.6 Å². The first-order valence-electron chi connectivity index (χ1n) is 4.86. The maximum absolute atomic E-state index is 9.63. The van der Waals surface area contributed by atoms with Crippen molar-refractivity contribution in [2.24, 2.45) is 0 Å². The Morgan fingerprint density at radius 1 is 0.545 bits per heavy atom. The van der Waals surface area contributed by atoms with E-state index < -0.39 is 67.4 Å². The molecule has 0 unspecified atom stereocenters. The van der Waals surface area contributed by atoms with Gasteiger partial charge in [0, 0.05) is 0 Å². The van der Waals surface area contributed by atoms with E-state index in [9.17, 15) is 25.3 Å². The van der Waals surface area contributed by atoms with Gasteiger partial charge in [-0.15, -0.1) is 0 Å². The van der Waals surface area contributed by atoms with Crippen molar-refractivity contribution in [3.63, 3.8) is 0 Å². The summed E-state index contributed by atoms with van der Waals surface area (Å²) in [6.45, 7) is -1.59. The van der Waals surface area contributed by atoms with Crippen LogP contribution in [0.25, 0.3) is 0 Å². The Morgan fingerprint density at radius 3 is 0.682 bits per heavy atom. The van der Waals surface area contributed by atoms with E-state index in [1.165, 1.54) is 0 Å². The van der Waals surface area contributed by atoms with Gasteiger partial charge in [0.15, 0.2) is 0 Å². The minimum absolute atomic E-state index is 0. The van der Waals surface area contributed by atoms with Crippen LogP contribution in [0.2, 0.25) is 0 Å². The van der Waals surface area contributed by atoms with E-state index in [0.717, 1.165) is 0 Å². The van der Waals surface area contributed by atoms with E-state index in [2.05, 4.69) is 0 Å². The Hall–Kier alpha value is 0.610. The first-order valence-corrected chi connectivity index (χ1v) is 9.69. The van der Waals surface area contributed by atoms with E-state index in [-0.39, 0.29) is 31.0 Å². The van der Waals surface area contributed by atoms with Crippen LogP contribution in [0.15, 0.2) is 0 Å². The molecule has 0 aliphatic heterocycles. The fourth-order valence-electron chi connectivity index (χ4n) is 0.346. The van der Waals surface area contributed by atoms with Crippen LogP contribution in [0.5, 0.6) is 0 Å². The minimum Gasteiger partial charge on any atom is -1.00 e. The molecule has 0 atom stereocenters. The van der Waals surface area contributed by atoms with E-state index in [0.29, 0.717) is 0 Å². The average Bonchev–Trinajstić information content (AvgIpc) is 2.12. The van der Waals surface area contributed by atoms with Crippen molar-refractivity contribution in [2.75, 3.05) is 37.1 Å². The summed E-state index contributed by atoms with van der Waals surface area (Å²) >= 11 is 0. The fourth-order valence-corrected chi connectivity index (χ4v) is 1.04. The van der Waals surface area contributed by atoms with E-state index in [1.807, 2.05) is 0 Å². The van der Waals surface area contributed by atoms with Crippen molar-refractivity contribution >= 4 is 30.4 Å². The maximum Gasteiger partial charge on any atom is 1.00 e. The predicted octanol–water partition coefficient (Wildman–Crippen LogP) is -6.28. The van der Waals surface area contributed by atoms with Crippen molar-refractivity contribution < 1.29 is 85.2 Å². The molecule has 0 aliphatic carbocycles. The molecule has 0 radical (unpaired) electrons. The van der Waals surface area contributed by atoms with Gasteiger partial charge in [0.25, 0.3) is 30.4 Å². The van der Waals surface area contributed by atoms with Crippen LogP contribution in [0, 0.1) is 0 Å². The van der Waals surface area contributed by atoms with E-state index >= 15 is 0 Å². The van der Waals surface area contributed by atoms with Crippen LogP contribution in [0.1, 0.15) is 1.43 Å². The standard InChI is InChI=1S/3C2H6O4S.Na.H/c3*3-1-2-7(4,5)6;;/h3*3H,1-2H2,(H,4,5,6);;/q;;;+1;-1. The van der Waals surface area contributed by atoms with Gasteiger partial charge in [0.2, 0.25) is 0 Å². The number of aliphatic hydroxyl groups excluding tert-OH is 3. The molecular weight excluding hydrogens is 383 g/mol. The molecule has 12 nitrogen and oxygen atoms in total. The molecule has 0 aromatic heterocycles.